The molecule has 0 saturated carbocycles. The molecule has 0 aliphatic rings. The summed E-state index contributed by atoms with van der Waals surface area (Å²) in [5, 5.41) is 8.94. The molecule has 0 radical (unpaired) electrons. The van der Waals surface area contributed by atoms with Crippen LogP contribution in [0.25, 0.3) is 11.4 Å². The fraction of sp³-hybridized carbons (Fsp3) is 0.0625. The topological polar surface area (TPSA) is 54.5 Å². The van der Waals surface area contributed by atoms with Crippen LogP contribution in [-0.2, 0) is 6.54 Å². The summed E-state index contributed by atoms with van der Waals surface area (Å²) in [4.78, 5) is 8.41. The Morgan fingerprint density at radius 2 is 1.95 bits per heavy atom. The van der Waals surface area contributed by atoms with Gasteiger partial charge in [-0.15, -0.1) is 0 Å². The van der Waals surface area contributed by atoms with Gasteiger partial charge in [-0.25, -0.2) is 4.98 Å². The maximum absolute atomic E-state index is 8.94. The highest BCUT2D eigenvalue weighted by molar-refractivity contribution is 5.54. The molecule has 0 fully saturated rings. The average Bonchev–Trinajstić information content (AvgIpc) is 2.96. The van der Waals surface area contributed by atoms with E-state index in [1.54, 1.807) is 24.7 Å². The lowest BCUT2D eigenvalue weighted by atomic mass is 10.1. The maximum Gasteiger partial charge on any atom is 0.140 e. The third-order valence-electron chi connectivity index (χ3n) is 3.06. The van der Waals surface area contributed by atoms with Crippen LogP contribution in [0, 0.1) is 11.3 Å². The zero-order valence-electron chi connectivity index (χ0n) is 10.8. The van der Waals surface area contributed by atoms with E-state index >= 15 is 0 Å². The van der Waals surface area contributed by atoms with Crippen molar-refractivity contribution in [3.05, 3.63) is 72.3 Å². The molecule has 0 unspecified atom stereocenters. The number of benzene rings is 1. The number of pyridine rings is 1. The van der Waals surface area contributed by atoms with Gasteiger partial charge < -0.3 is 4.57 Å². The van der Waals surface area contributed by atoms with Crippen LogP contribution in [0.3, 0.4) is 0 Å². The van der Waals surface area contributed by atoms with Crippen LogP contribution in [0.15, 0.2) is 61.2 Å². The summed E-state index contributed by atoms with van der Waals surface area (Å²) < 4.78 is 2.06. The second kappa shape index (κ2) is 5.37. The van der Waals surface area contributed by atoms with Crippen molar-refractivity contribution < 1.29 is 0 Å². The molecular weight excluding hydrogens is 248 g/mol. The van der Waals surface area contributed by atoms with Gasteiger partial charge >= 0.3 is 0 Å². The summed E-state index contributed by atoms with van der Waals surface area (Å²) in [6, 6.07) is 13.6. The number of rotatable bonds is 3. The largest absolute Gasteiger partial charge is 0.327 e. The van der Waals surface area contributed by atoms with Gasteiger partial charge in [-0.2, -0.15) is 5.26 Å². The molecule has 2 heterocycles. The minimum Gasteiger partial charge on any atom is -0.327 e. The van der Waals surface area contributed by atoms with Crippen molar-refractivity contribution in [2.24, 2.45) is 0 Å². The molecule has 20 heavy (non-hydrogen) atoms. The van der Waals surface area contributed by atoms with Crippen molar-refractivity contribution in [2.45, 2.75) is 6.54 Å². The summed E-state index contributed by atoms with van der Waals surface area (Å²) in [6.45, 7) is 0.688. The number of nitrogens with zero attached hydrogens (tertiary/aromatic N) is 4. The molecule has 0 bridgehead atoms. The van der Waals surface area contributed by atoms with E-state index in [9.17, 15) is 0 Å². The van der Waals surface area contributed by atoms with Gasteiger partial charge in [0.25, 0.3) is 0 Å². The monoisotopic (exact) mass is 260 g/mol. The second-order valence-corrected chi connectivity index (χ2v) is 4.43. The predicted molar refractivity (Wildman–Crippen MR) is 75.7 cm³/mol. The molecule has 0 saturated heterocycles. The van der Waals surface area contributed by atoms with Crippen molar-refractivity contribution in [2.75, 3.05) is 0 Å². The second-order valence-electron chi connectivity index (χ2n) is 4.43. The van der Waals surface area contributed by atoms with Crippen LogP contribution in [-0.4, -0.2) is 14.5 Å². The first-order chi connectivity index (χ1) is 9.86. The summed E-state index contributed by atoms with van der Waals surface area (Å²) >= 11 is 0. The van der Waals surface area contributed by atoms with E-state index in [1.807, 2.05) is 36.5 Å². The standard InChI is InChI=1S/C16H12N4/c17-11-13-2-1-3-14(10-13)12-20-9-8-19-16(20)15-4-6-18-7-5-15/h1-10H,12H2. The zero-order chi connectivity index (χ0) is 13.8. The molecular formula is C16H12N4. The van der Waals surface area contributed by atoms with Gasteiger partial charge in [0.2, 0.25) is 0 Å². The first-order valence-electron chi connectivity index (χ1n) is 6.27. The minimum atomic E-state index is 0.674. The molecule has 4 nitrogen and oxygen atoms in total. The van der Waals surface area contributed by atoms with Crippen molar-refractivity contribution in [3.8, 4) is 17.5 Å². The Kier molecular flexibility index (Phi) is 3.25. The molecule has 0 aliphatic heterocycles. The zero-order valence-corrected chi connectivity index (χ0v) is 10.8. The van der Waals surface area contributed by atoms with E-state index in [-0.39, 0.29) is 0 Å². The van der Waals surface area contributed by atoms with E-state index in [0.29, 0.717) is 12.1 Å². The van der Waals surface area contributed by atoms with Crippen LogP contribution >= 0.6 is 0 Å². The summed E-state index contributed by atoms with van der Waals surface area (Å²) in [5.74, 6) is 0.898. The Morgan fingerprint density at radius 3 is 2.75 bits per heavy atom. The maximum atomic E-state index is 8.94. The van der Waals surface area contributed by atoms with E-state index in [1.165, 1.54) is 0 Å². The third-order valence-corrected chi connectivity index (χ3v) is 3.06. The Balaban J connectivity index is 1.93. The molecule has 3 aromatic rings. The Labute approximate surface area is 117 Å². The van der Waals surface area contributed by atoms with Gasteiger partial charge in [0, 0.05) is 36.9 Å². The molecule has 0 aliphatic carbocycles. The fourth-order valence-corrected chi connectivity index (χ4v) is 2.13. The van der Waals surface area contributed by atoms with E-state index in [2.05, 4.69) is 20.6 Å². The highest BCUT2D eigenvalue weighted by Gasteiger charge is 2.06. The van der Waals surface area contributed by atoms with Crippen molar-refractivity contribution in [1.29, 1.82) is 5.26 Å². The Hall–Kier alpha value is -2.93. The molecule has 0 amide bonds. The van der Waals surface area contributed by atoms with Crippen LogP contribution in [0.2, 0.25) is 0 Å². The quantitative estimate of drug-likeness (QED) is 0.727. The Morgan fingerprint density at radius 1 is 1.10 bits per heavy atom. The lowest BCUT2D eigenvalue weighted by molar-refractivity contribution is 0.806. The van der Waals surface area contributed by atoms with Crippen LogP contribution in [0.1, 0.15) is 11.1 Å². The minimum absolute atomic E-state index is 0.674. The first-order valence-corrected chi connectivity index (χ1v) is 6.27. The van der Waals surface area contributed by atoms with E-state index < -0.39 is 0 Å². The number of hydrogen-bond donors (Lipinski definition) is 0. The van der Waals surface area contributed by atoms with Crippen molar-refractivity contribution in [3.63, 3.8) is 0 Å². The summed E-state index contributed by atoms with van der Waals surface area (Å²) in [7, 11) is 0. The molecule has 0 spiro atoms. The normalized spacial score (nSPS) is 10.2. The molecule has 4 heteroatoms. The number of hydrogen-bond acceptors (Lipinski definition) is 3. The first kappa shape index (κ1) is 12.1. The molecule has 0 N–H and O–H groups in total. The van der Waals surface area contributed by atoms with Gasteiger partial charge in [0.05, 0.1) is 11.6 Å². The van der Waals surface area contributed by atoms with Crippen molar-refractivity contribution >= 4 is 0 Å². The molecule has 1 aromatic carbocycles. The van der Waals surface area contributed by atoms with Crippen LogP contribution in [0.4, 0.5) is 0 Å². The number of imidazole rings is 1. The predicted octanol–water partition coefficient (Wildman–Crippen LogP) is 2.87. The van der Waals surface area contributed by atoms with Crippen LogP contribution in [0.5, 0.6) is 0 Å². The fourth-order valence-electron chi connectivity index (χ4n) is 2.13. The van der Waals surface area contributed by atoms with Crippen LogP contribution < -0.4 is 0 Å². The SMILES string of the molecule is N#Cc1cccc(Cn2ccnc2-c2ccncc2)c1. The smallest absolute Gasteiger partial charge is 0.140 e. The molecule has 96 valence electrons. The third kappa shape index (κ3) is 2.43. The van der Waals surface area contributed by atoms with E-state index in [4.69, 9.17) is 5.26 Å². The molecule has 0 atom stereocenters. The number of nitriles is 1. The van der Waals surface area contributed by atoms with Gasteiger partial charge in [-0.3, -0.25) is 4.98 Å². The highest BCUT2D eigenvalue weighted by Crippen LogP contribution is 2.17. The number of aromatic nitrogens is 3. The average molecular weight is 260 g/mol. The van der Waals surface area contributed by atoms with Gasteiger partial charge in [0.1, 0.15) is 5.82 Å². The van der Waals surface area contributed by atoms with Gasteiger partial charge in [-0.1, -0.05) is 12.1 Å². The van der Waals surface area contributed by atoms with E-state index in [0.717, 1.165) is 17.0 Å². The summed E-state index contributed by atoms with van der Waals surface area (Å²) in [6.07, 6.45) is 7.23. The summed E-state index contributed by atoms with van der Waals surface area (Å²) in [5.41, 5.74) is 2.78. The Bertz CT molecular complexity index is 753. The lowest BCUT2D eigenvalue weighted by Gasteiger charge is -2.08. The highest BCUT2D eigenvalue weighted by atomic mass is 15.1. The van der Waals surface area contributed by atoms with Crippen molar-refractivity contribution in [1.82, 2.24) is 14.5 Å². The van der Waals surface area contributed by atoms with Gasteiger partial charge in [-0.05, 0) is 29.8 Å². The lowest BCUT2D eigenvalue weighted by Crippen LogP contribution is -2.01. The molecule has 3 rings (SSSR count). The molecule has 2 aromatic heterocycles. The van der Waals surface area contributed by atoms with Gasteiger partial charge in [0.15, 0.2) is 0 Å².